The van der Waals surface area contributed by atoms with Crippen LogP contribution in [-0.4, -0.2) is 16.5 Å². The monoisotopic (exact) mass is 301 g/mol. The van der Waals surface area contributed by atoms with Gasteiger partial charge in [0, 0.05) is 16.5 Å². The smallest absolute Gasteiger partial charge is 0.391 e. The van der Waals surface area contributed by atoms with Gasteiger partial charge >= 0.3 is 6.36 Å². The van der Waals surface area contributed by atoms with E-state index in [1.54, 1.807) is 0 Å². The molecule has 0 saturated carbocycles. The van der Waals surface area contributed by atoms with Crippen molar-refractivity contribution < 1.29 is 23.0 Å². The van der Waals surface area contributed by atoms with Gasteiger partial charge in [0.15, 0.2) is 0 Å². The van der Waals surface area contributed by atoms with Crippen molar-refractivity contribution in [2.24, 2.45) is 0 Å². The van der Waals surface area contributed by atoms with Crippen molar-refractivity contribution in [2.45, 2.75) is 18.3 Å². The molecule has 16 heavy (non-hydrogen) atoms. The SMILES string of the molecule is O=c1[nH]c(OC(F)(F)F)c(CBr)cc1CO. The highest BCUT2D eigenvalue weighted by Gasteiger charge is 2.32. The summed E-state index contributed by atoms with van der Waals surface area (Å²) in [7, 11) is 0. The van der Waals surface area contributed by atoms with Crippen LogP contribution in [0.4, 0.5) is 13.2 Å². The van der Waals surface area contributed by atoms with Crippen molar-refractivity contribution in [3.63, 3.8) is 0 Å². The first-order chi connectivity index (χ1) is 7.37. The van der Waals surface area contributed by atoms with E-state index in [0.717, 1.165) is 6.07 Å². The van der Waals surface area contributed by atoms with E-state index in [-0.39, 0.29) is 16.5 Å². The highest BCUT2D eigenvalue weighted by atomic mass is 79.9. The third kappa shape index (κ3) is 3.24. The highest BCUT2D eigenvalue weighted by molar-refractivity contribution is 9.08. The maximum absolute atomic E-state index is 12.0. The zero-order valence-electron chi connectivity index (χ0n) is 7.77. The molecular formula is C8H7BrF3NO3. The van der Waals surface area contributed by atoms with Gasteiger partial charge in [-0.2, -0.15) is 0 Å². The number of H-pyrrole nitrogens is 1. The van der Waals surface area contributed by atoms with Crippen LogP contribution >= 0.6 is 15.9 Å². The summed E-state index contributed by atoms with van der Waals surface area (Å²) in [5.74, 6) is -0.674. The van der Waals surface area contributed by atoms with Gasteiger partial charge in [0.1, 0.15) is 0 Å². The van der Waals surface area contributed by atoms with E-state index in [9.17, 15) is 18.0 Å². The normalized spacial score (nSPS) is 11.6. The molecule has 1 aromatic rings. The van der Waals surface area contributed by atoms with Gasteiger partial charge in [-0.3, -0.25) is 9.78 Å². The van der Waals surface area contributed by atoms with Crippen molar-refractivity contribution in [1.82, 2.24) is 4.98 Å². The van der Waals surface area contributed by atoms with Crippen molar-refractivity contribution >= 4 is 15.9 Å². The Bertz CT molecular complexity index is 430. The van der Waals surface area contributed by atoms with Crippen LogP contribution in [0.3, 0.4) is 0 Å². The standard InChI is InChI=1S/C8H7BrF3NO3/c9-2-4-1-5(3-14)6(15)13-7(4)16-8(10,11)12/h1,14H,2-3H2,(H,13,15). The van der Waals surface area contributed by atoms with Gasteiger partial charge in [-0.05, 0) is 6.07 Å². The fourth-order valence-corrected chi connectivity index (χ4v) is 1.45. The number of aromatic amines is 1. The molecule has 1 aromatic heterocycles. The Labute approximate surface area is 96.2 Å². The predicted molar refractivity (Wildman–Crippen MR) is 52.3 cm³/mol. The van der Waals surface area contributed by atoms with Crippen LogP contribution in [0.25, 0.3) is 0 Å². The summed E-state index contributed by atoms with van der Waals surface area (Å²) in [6.45, 7) is -0.554. The van der Waals surface area contributed by atoms with Crippen LogP contribution in [0.5, 0.6) is 5.88 Å². The second kappa shape index (κ2) is 4.88. The van der Waals surface area contributed by atoms with Gasteiger partial charge in [0.25, 0.3) is 5.56 Å². The molecule has 0 aliphatic rings. The van der Waals surface area contributed by atoms with Gasteiger partial charge < -0.3 is 9.84 Å². The van der Waals surface area contributed by atoms with E-state index in [4.69, 9.17) is 5.11 Å². The van der Waals surface area contributed by atoms with Gasteiger partial charge in [-0.15, -0.1) is 13.2 Å². The summed E-state index contributed by atoms with van der Waals surface area (Å²) in [5, 5.41) is 8.82. The molecular weight excluding hydrogens is 295 g/mol. The molecule has 4 nitrogen and oxygen atoms in total. The molecule has 0 radical (unpaired) electrons. The van der Waals surface area contributed by atoms with E-state index in [0.29, 0.717) is 0 Å². The van der Waals surface area contributed by atoms with Gasteiger partial charge in [-0.1, -0.05) is 15.9 Å². The molecule has 1 rings (SSSR count). The minimum absolute atomic E-state index is 0.0241. The molecule has 0 unspecified atom stereocenters. The molecule has 2 N–H and O–H groups in total. The van der Waals surface area contributed by atoms with Crippen molar-refractivity contribution in [3.05, 3.63) is 27.5 Å². The van der Waals surface area contributed by atoms with Gasteiger partial charge in [0.05, 0.1) is 6.61 Å². The summed E-state index contributed by atoms with van der Waals surface area (Å²) in [6.07, 6.45) is -4.87. The number of ether oxygens (including phenoxy) is 1. The van der Waals surface area contributed by atoms with E-state index >= 15 is 0 Å². The fourth-order valence-electron chi connectivity index (χ4n) is 1.03. The molecule has 0 aliphatic heterocycles. The predicted octanol–water partition coefficient (Wildman–Crippen LogP) is 1.66. The molecule has 0 amide bonds. The summed E-state index contributed by atoms with van der Waals surface area (Å²) < 4.78 is 39.5. The van der Waals surface area contributed by atoms with Crippen molar-refractivity contribution in [2.75, 3.05) is 0 Å². The minimum Gasteiger partial charge on any atom is -0.391 e. The maximum atomic E-state index is 12.0. The van der Waals surface area contributed by atoms with Gasteiger partial charge in [-0.25, -0.2) is 0 Å². The number of nitrogens with one attached hydrogen (secondary N) is 1. The van der Waals surface area contributed by atoms with E-state index < -0.39 is 24.4 Å². The number of aliphatic hydroxyl groups is 1. The molecule has 8 heteroatoms. The zero-order chi connectivity index (χ0) is 12.3. The lowest BCUT2D eigenvalue weighted by atomic mass is 10.2. The zero-order valence-corrected chi connectivity index (χ0v) is 9.35. The van der Waals surface area contributed by atoms with Crippen LogP contribution in [0.15, 0.2) is 10.9 Å². The number of aromatic nitrogens is 1. The Morgan fingerprint density at radius 3 is 2.50 bits per heavy atom. The second-order valence-corrected chi connectivity index (χ2v) is 3.38. The van der Waals surface area contributed by atoms with Gasteiger partial charge in [0.2, 0.25) is 5.88 Å². The first-order valence-corrected chi connectivity index (χ1v) is 5.17. The lowest BCUT2D eigenvalue weighted by Crippen LogP contribution is -2.22. The summed E-state index contributed by atoms with van der Waals surface area (Å²) in [5.41, 5.74) is -0.739. The number of rotatable bonds is 3. The minimum atomic E-state index is -4.87. The number of hydrogen-bond acceptors (Lipinski definition) is 3. The largest absolute Gasteiger partial charge is 0.574 e. The topological polar surface area (TPSA) is 62.3 Å². The van der Waals surface area contributed by atoms with Crippen LogP contribution in [0.1, 0.15) is 11.1 Å². The average molecular weight is 302 g/mol. The molecule has 0 aliphatic carbocycles. The molecule has 0 bridgehead atoms. The summed E-state index contributed by atoms with van der Waals surface area (Å²) in [4.78, 5) is 13.1. The number of halogens is 4. The summed E-state index contributed by atoms with van der Waals surface area (Å²) >= 11 is 2.95. The highest BCUT2D eigenvalue weighted by Crippen LogP contribution is 2.25. The number of alkyl halides is 4. The first kappa shape index (κ1) is 13.0. The number of pyridine rings is 1. The average Bonchev–Trinajstić information content (AvgIpc) is 2.16. The number of hydrogen-bond donors (Lipinski definition) is 2. The quantitative estimate of drug-likeness (QED) is 0.835. The Hall–Kier alpha value is -1.02. The molecule has 0 atom stereocenters. The van der Waals surface area contributed by atoms with Crippen LogP contribution in [-0.2, 0) is 11.9 Å². The molecule has 90 valence electrons. The molecule has 1 heterocycles. The van der Waals surface area contributed by atoms with E-state index in [1.165, 1.54) is 0 Å². The second-order valence-electron chi connectivity index (χ2n) is 2.82. The Morgan fingerprint density at radius 1 is 1.44 bits per heavy atom. The van der Waals surface area contributed by atoms with E-state index in [2.05, 4.69) is 20.7 Å². The Kier molecular flexibility index (Phi) is 3.98. The molecule has 0 spiro atoms. The maximum Gasteiger partial charge on any atom is 0.574 e. The summed E-state index contributed by atoms with van der Waals surface area (Å²) in [6, 6.07) is 1.15. The van der Waals surface area contributed by atoms with E-state index in [1.807, 2.05) is 4.98 Å². The first-order valence-electron chi connectivity index (χ1n) is 4.05. The third-order valence-electron chi connectivity index (χ3n) is 1.69. The van der Waals surface area contributed by atoms with Crippen LogP contribution in [0.2, 0.25) is 0 Å². The lowest BCUT2D eigenvalue weighted by Gasteiger charge is -2.12. The van der Waals surface area contributed by atoms with Crippen molar-refractivity contribution in [3.8, 4) is 5.88 Å². The lowest BCUT2D eigenvalue weighted by molar-refractivity contribution is -0.276. The molecule has 0 aromatic carbocycles. The van der Waals surface area contributed by atoms with Crippen LogP contribution in [0, 0.1) is 0 Å². The van der Waals surface area contributed by atoms with Crippen molar-refractivity contribution in [1.29, 1.82) is 0 Å². The fraction of sp³-hybridized carbons (Fsp3) is 0.375. The number of aliphatic hydroxyl groups excluding tert-OH is 1. The Morgan fingerprint density at radius 2 is 2.06 bits per heavy atom. The Balaban J connectivity index is 3.19. The third-order valence-corrected chi connectivity index (χ3v) is 2.30. The molecule has 0 saturated heterocycles. The van der Waals surface area contributed by atoms with Crippen LogP contribution < -0.4 is 10.3 Å². The molecule has 0 fully saturated rings.